The first kappa shape index (κ1) is 20.3. The van der Waals surface area contributed by atoms with Gasteiger partial charge in [-0.15, -0.1) is 0 Å². The molecule has 1 aliphatic rings. The first-order valence-electron chi connectivity index (χ1n) is 11.1. The average molecular weight is 460 g/mol. The summed E-state index contributed by atoms with van der Waals surface area (Å²) in [6.45, 7) is 3.54. The van der Waals surface area contributed by atoms with Crippen molar-refractivity contribution in [3.63, 3.8) is 0 Å². The lowest BCUT2D eigenvalue weighted by Crippen LogP contribution is -2.29. The van der Waals surface area contributed by atoms with E-state index in [2.05, 4.69) is 0 Å². The molecule has 8 heteroatoms. The Kier molecular flexibility index (Phi) is 4.89. The molecule has 1 saturated heterocycles. The molecule has 0 N–H and O–H groups in total. The normalized spacial score (nSPS) is 16.4. The molecule has 5 aromatic rings. The highest BCUT2D eigenvalue weighted by molar-refractivity contribution is 6.31. The van der Waals surface area contributed by atoms with Gasteiger partial charge in [0.2, 0.25) is 0 Å². The number of rotatable bonds is 4. The third-order valence-electron chi connectivity index (χ3n) is 6.34. The van der Waals surface area contributed by atoms with Gasteiger partial charge in [-0.25, -0.2) is 15.0 Å². The van der Waals surface area contributed by atoms with Crippen LogP contribution < -0.4 is 5.56 Å². The number of halogens is 1. The molecule has 0 amide bonds. The van der Waals surface area contributed by atoms with E-state index in [1.807, 2.05) is 60.0 Å². The minimum Gasteiger partial charge on any atom is -0.376 e. The maximum absolute atomic E-state index is 13.8. The van der Waals surface area contributed by atoms with Crippen LogP contribution in [0.15, 0.2) is 53.3 Å². The van der Waals surface area contributed by atoms with Crippen molar-refractivity contribution in [2.45, 2.75) is 39.0 Å². The number of aromatic nitrogens is 5. The second kappa shape index (κ2) is 7.93. The maximum atomic E-state index is 13.8. The van der Waals surface area contributed by atoms with Crippen LogP contribution in [-0.4, -0.2) is 36.8 Å². The van der Waals surface area contributed by atoms with Crippen LogP contribution in [0.25, 0.3) is 33.2 Å². The Morgan fingerprint density at radius 3 is 2.52 bits per heavy atom. The molecule has 1 aliphatic heterocycles. The largest absolute Gasteiger partial charge is 0.376 e. The molecule has 1 fully saturated rings. The Balaban J connectivity index is 1.65. The molecule has 0 saturated carbocycles. The lowest BCUT2D eigenvalue weighted by molar-refractivity contribution is 0.0955. The Labute approximate surface area is 194 Å². The van der Waals surface area contributed by atoms with Crippen molar-refractivity contribution in [2.75, 3.05) is 6.61 Å². The zero-order valence-corrected chi connectivity index (χ0v) is 18.9. The topological polar surface area (TPSA) is 74.8 Å². The van der Waals surface area contributed by atoms with Crippen LogP contribution in [0, 0.1) is 6.92 Å². The van der Waals surface area contributed by atoms with Crippen molar-refractivity contribution in [3.8, 4) is 0 Å². The molecule has 3 aromatic heterocycles. The van der Waals surface area contributed by atoms with E-state index in [0.717, 1.165) is 36.0 Å². The first-order chi connectivity index (χ1) is 16.1. The molecule has 4 heterocycles. The molecule has 0 spiro atoms. The standard InChI is InChI=1S/C25H22ClN5O2/c1-15-27-23-21(25(32)30(15)14-17-8-6-12-33-17)22-24(29-20-11-5-4-10-19(20)28-22)31(23)13-16-7-2-3-9-18(16)26/h2-5,7,9-11,17H,6,8,12-14H2,1H3. The van der Waals surface area contributed by atoms with E-state index in [-0.39, 0.29) is 11.7 Å². The average Bonchev–Trinajstić information content (AvgIpc) is 3.43. The van der Waals surface area contributed by atoms with Gasteiger partial charge in [0.15, 0.2) is 11.3 Å². The van der Waals surface area contributed by atoms with E-state index < -0.39 is 0 Å². The molecule has 0 aliphatic carbocycles. The van der Waals surface area contributed by atoms with E-state index in [1.165, 1.54) is 0 Å². The summed E-state index contributed by atoms with van der Waals surface area (Å²) >= 11 is 6.47. The fourth-order valence-electron chi connectivity index (χ4n) is 4.65. The van der Waals surface area contributed by atoms with Crippen molar-refractivity contribution in [3.05, 3.63) is 75.3 Å². The Morgan fingerprint density at radius 2 is 1.76 bits per heavy atom. The fourth-order valence-corrected chi connectivity index (χ4v) is 4.85. The first-order valence-corrected chi connectivity index (χ1v) is 11.5. The van der Waals surface area contributed by atoms with Crippen LogP contribution in [0.1, 0.15) is 24.2 Å². The molecule has 33 heavy (non-hydrogen) atoms. The maximum Gasteiger partial charge on any atom is 0.265 e. The third kappa shape index (κ3) is 3.39. The number of fused-ring (bicyclic) bond motifs is 4. The van der Waals surface area contributed by atoms with Crippen LogP contribution >= 0.6 is 11.6 Å². The lowest BCUT2D eigenvalue weighted by Gasteiger charge is -2.14. The number of para-hydroxylation sites is 2. The summed E-state index contributed by atoms with van der Waals surface area (Å²) in [5.74, 6) is 0.649. The van der Waals surface area contributed by atoms with Gasteiger partial charge in [-0.05, 0) is 43.5 Å². The van der Waals surface area contributed by atoms with Crippen LogP contribution in [0.4, 0.5) is 0 Å². The summed E-state index contributed by atoms with van der Waals surface area (Å²) in [4.78, 5) is 28.4. The van der Waals surface area contributed by atoms with E-state index in [1.54, 1.807) is 4.57 Å². The Bertz CT molecular complexity index is 1580. The van der Waals surface area contributed by atoms with Crippen LogP contribution in [0.5, 0.6) is 0 Å². The van der Waals surface area contributed by atoms with Crippen molar-refractivity contribution >= 4 is 44.8 Å². The number of aryl methyl sites for hydroxylation is 1. The Morgan fingerprint density at radius 1 is 1.00 bits per heavy atom. The number of nitrogens with zero attached hydrogens (tertiary/aromatic N) is 5. The number of hydrogen-bond donors (Lipinski definition) is 0. The predicted molar refractivity (Wildman–Crippen MR) is 129 cm³/mol. The van der Waals surface area contributed by atoms with Crippen LogP contribution in [0.3, 0.4) is 0 Å². The minimum absolute atomic E-state index is 0.0315. The molecule has 6 rings (SSSR count). The molecule has 2 aromatic carbocycles. The highest BCUT2D eigenvalue weighted by atomic mass is 35.5. The molecule has 7 nitrogen and oxygen atoms in total. The molecular weight excluding hydrogens is 438 g/mol. The fraction of sp³-hybridized carbons (Fsp3) is 0.280. The third-order valence-corrected chi connectivity index (χ3v) is 6.71. The van der Waals surface area contributed by atoms with Crippen molar-refractivity contribution in [1.29, 1.82) is 0 Å². The molecule has 0 bridgehead atoms. The van der Waals surface area contributed by atoms with E-state index in [0.29, 0.717) is 46.1 Å². The molecule has 1 unspecified atom stereocenters. The second-order valence-electron chi connectivity index (χ2n) is 8.47. The van der Waals surface area contributed by atoms with Crippen molar-refractivity contribution in [1.82, 2.24) is 24.1 Å². The number of ether oxygens (including phenoxy) is 1. The summed E-state index contributed by atoms with van der Waals surface area (Å²) in [5, 5.41) is 1.14. The van der Waals surface area contributed by atoms with Gasteiger partial charge in [-0.2, -0.15) is 0 Å². The van der Waals surface area contributed by atoms with Gasteiger partial charge in [-0.1, -0.05) is 41.9 Å². The smallest absolute Gasteiger partial charge is 0.265 e. The SMILES string of the molecule is Cc1nc2c(c(=O)n1CC1CCCO1)c1nc3ccccc3nc1n2Cc1ccccc1Cl. The second-order valence-corrected chi connectivity index (χ2v) is 8.88. The Hall–Kier alpha value is -3.29. The lowest BCUT2D eigenvalue weighted by atomic mass is 10.2. The summed E-state index contributed by atoms with van der Waals surface area (Å²) in [7, 11) is 0. The van der Waals surface area contributed by atoms with Gasteiger partial charge in [-0.3, -0.25) is 9.36 Å². The van der Waals surface area contributed by atoms with E-state index >= 15 is 0 Å². The predicted octanol–water partition coefficient (Wildman–Crippen LogP) is 4.48. The highest BCUT2D eigenvalue weighted by Gasteiger charge is 2.24. The van der Waals surface area contributed by atoms with Gasteiger partial charge in [0.05, 0.1) is 30.2 Å². The van der Waals surface area contributed by atoms with Gasteiger partial charge < -0.3 is 9.30 Å². The van der Waals surface area contributed by atoms with Crippen LogP contribution in [0.2, 0.25) is 5.02 Å². The summed E-state index contributed by atoms with van der Waals surface area (Å²) in [5.41, 5.74) is 4.09. The zero-order chi connectivity index (χ0) is 22.5. The number of hydrogen-bond acceptors (Lipinski definition) is 5. The van der Waals surface area contributed by atoms with Gasteiger partial charge in [0, 0.05) is 11.6 Å². The highest BCUT2D eigenvalue weighted by Crippen LogP contribution is 2.28. The summed E-state index contributed by atoms with van der Waals surface area (Å²) < 4.78 is 9.46. The van der Waals surface area contributed by atoms with E-state index in [9.17, 15) is 4.79 Å². The number of benzene rings is 2. The van der Waals surface area contributed by atoms with Crippen LogP contribution in [-0.2, 0) is 17.8 Å². The van der Waals surface area contributed by atoms with Gasteiger partial charge in [0.1, 0.15) is 16.7 Å². The molecular formula is C25H22ClN5O2. The zero-order valence-electron chi connectivity index (χ0n) is 18.2. The van der Waals surface area contributed by atoms with Gasteiger partial charge >= 0.3 is 0 Å². The quantitative estimate of drug-likeness (QED) is 0.396. The van der Waals surface area contributed by atoms with Crippen molar-refractivity contribution < 1.29 is 4.74 Å². The van der Waals surface area contributed by atoms with Gasteiger partial charge in [0.25, 0.3) is 5.56 Å². The van der Waals surface area contributed by atoms with E-state index in [4.69, 9.17) is 31.3 Å². The monoisotopic (exact) mass is 459 g/mol. The summed E-state index contributed by atoms with van der Waals surface area (Å²) in [6.07, 6.45) is 2.00. The summed E-state index contributed by atoms with van der Waals surface area (Å²) in [6, 6.07) is 15.4. The molecule has 1 atom stereocenters. The molecule has 0 radical (unpaired) electrons. The minimum atomic E-state index is -0.111. The van der Waals surface area contributed by atoms with Crippen molar-refractivity contribution in [2.24, 2.45) is 0 Å². The molecule has 166 valence electrons.